The molecule has 0 atom stereocenters. The minimum Gasteiger partial charge on any atom is -0.373 e. The summed E-state index contributed by atoms with van der Waals surface area (Å²) in [6, 6.07) is 22.3. The third-order valence-electron chi connectivity index (χ3n) is 3.94. The number of aliphatic hydroxyl groups is 1. The number of hydrogen-bond donors (Lipinski definition) is 1. The topological polar surface area (TPSA) is 71.8 Å². The van der Waals surface area contributed by atoms with Gasteiger partial charge in [-0.1, -0.05) is 60.7 Å². The second-order valence-corrected chi connectivity index (χ2v) is 5.42. The first-order chi connectivity index (χ1) is 11.8. The Bertz CT molecular complexity index is 934. The maximum atomic E-state index is 11.6. The summed E-state index contributed by atoms with van der Waals surface area (Å²) < 4.78 is 0. The molecule has 2 aromatic heterocycles. The van der Waals surface area contributed by atoms with Gasteiger partial charge in [0.2, 0.25) is 0 Å². The van der Waals surface area contributed by atoms with E-state index in [9.17, 15) is 5.11 Å². The van der Waals surface area contributed by atoms with Crippen LogP contribution in [0.25, 0.3) is 11.2 Å². The van der Waals surface area contributed by atoms with Crippen molar-refractivity contribution in [1.29, 1.82) is 0 Å². The Morgan fingerprint density at radius 1 is 0.708 bits per heavy atom. The Balaban J connectivity index is 1.98. The van der Waals surface area contributed by atoms with Crippen LogP contribution in [0.3, 0.4) is 0 Å². The van der Waals surface area contributed by atoms with Gasteiger partial charge in [-0.15, -0.1) is 10.2 Å². The van der Waals surface area contributed by atoms with Crippen LogP contribution in [0.1, 0.15) is 17.0 Å². The lowest BCUT2D eigenvalue weighted by Gasteiger charge is -2.27. The largest absolute Gasteiger partial charge is 0.373 e. The highest BCUT2D eigenvalue weighted by atomic mass is 16.3. The van der Waals surface area contributed by atoms with E-state index >= 15 is 0 Å². The highest BCUT2D eigenvalue weighted by Crippen LogP contribution is 2.34. The van der Waals surface area contributed by atoms with Crippen LogP contribution in [0.4, 0.5) is 0 Å². The Kier molecular flexibility index (Phi) is 3.48. The van der Waals surface area contributed by atoms with Crippen molar-refractivity contribution in [3.05, 3.63) is 95.9 Å². The standard InChI is InChI=1S/C19H14N4O/c24-19(14-8-3-1-4-9-14,15-10-5-2-6-11-15)18-21-16-12-7-13-20-17(16)22-23-18/h1-13,24H. The Labute approximate surface area is 138 Å². The predicted molar refractivity (Wildman–Crippen MR) is 90.1 cm³/mol. The van der Waals surface area contributed by atoms with Crippen LogP contribution >= 0.6 is 0 Å². The van der Waals surface area contributed by atoms with Crippen LogP contribution < -0.4 is 0 Å². The highest BCUT2D eigenvalue weighted by Gasteiger charge is 2.37. The average molecular weight is 314 g/mol. The van der Waals surface area contributed by atoms with Crippen LogP contribution in [-0.4, -0.2) is 25.3 Å². The van der Waals surface area contributed by atoms with E-state index in [0.29, 0.717) is 22.3 Å². The van der Waals surface area contributed by atoms with Crippen LogP contribution in [-0.2, 0) is 5.60 Å². The number of nitrogens with zero attached hydrogens (tertiary/aromatic N) is 4. The normalized spacial score (nSPS) is 11.5. The highest BCUT2D eigenvalue weighted by molar-refractivity contribution is 5.68. The van der Waals surface area contributed by atoms with Crippen LogP contribution in [0, 0.1) is 0 Å². The van der Waals surface area contributed by atoms with Gasteiger partial charge >= 0.3 is 0 Å². The lowest BCUT2D eigenvalue weighted by Crippen LogP contribution is -2.31. The number of fused-ring (bicyclic) bond motifs is 1. The van der Waals surface area contributed by atoms with E-state index in [0.717, 1.165) is 0 Å². The third kappa shape index (κ3) is 2.31. The average Bonchev–Trinajstić information content (AvgIpc) is 2.68. The van der Waals surface area contributed by atoms with Crippen molar-refractivity contribution < 1.29 is 5.11 Å². The van der Waals surface area contributed by atoms with Crippen LogP contribution in [0.5, 0.6) is 0 Å². The van der Waals surface area contributed by atoms with Crippen molar-refractivity contribution in [2.45, 2.75) is 5.60 Å². The Morgan fingerprint density at radius 3 is 1.96 bits per heavy atom. The molecule has 116 valence electrons. The second kappa shape index (κ2) is 5.79. The zero-order valence-corrected chi connectivity index (χ0v) is 12.7. The molecule has 24 heavy (non-hydrogen) atoms. The summed E-state index contributed by atoms with van der Waals surface area (Å²) in [6.45, 7) is 0. The summed E-state index contributed by atoms with van der Waals surface area (Å²) in [4.78, 5) is 8.65. The van der Waals surface area contributed by atoms with Crippen molar-refractivity contribution in [3.63, 3.8) is 0 Å². The maximum absolute atomic E-state index is 11.6. The molecule has 0 saturated heterocycles. The molecule has 5 nitrogen and oxygen atoms in total. The van der Waals surface area contributed by atoms with Gasteiger partial charge in [0.1, 0.15) is 5.52 Å². The summed E-state index contributed by atoms with van der Waals surface area (Å²) >= 11 is 0. The summed E-state index contributed by atoms with van der Waals surface area (Å²) in [5.74, 6) is 0.223. The van der Waals surface area contributed by atoms with Crippen molar-refractivity contribution >= 4 is 11.2 Å². The lowest BCUT2D eigenvalue weighted by atomic mass is 9.85. The van der Waals surface area contributed by atoms with Gasteiger partial charge in [-0.2, -0.15) is 0 Å². The molecule has 4 rings (SSSR count). The van der Waals surface area contributed by atoms with Gasteiger partial charge in [-0.25, -0.2) is 9.97 Å². The van der Waals surface area contributed by atoms with Crippen molar-refractivity contribution in [2.75, 3.05) is 0 Å². The molecule has 0 saturated carbocycles. The van der Waals surface area contributed by atoms with Gasteiger partial charge in [-0.05, 0) is 23.3 Å². The summed E-state index contributed by atoms with van der Waals surface area (Å²) in [6.07, 6.45) is 1.64. The van der Waals surface area contributed by atoms with Crippen LogP contribution in [0.15, 0.2) is 79.0 Å². The first-order valence-corrected chi connectivity index (χ1v) is 7.58. The molecule has 0 fully saturated rings. The van der Waals surface area contributed by atoms with Crippen LogP contribution in [0.2, 0.25) is 0 Å². The molecule has 0 radical (unpaired) electrons. The summed E-state index contributed by atoms with van der Waals surface area (Å²) in [7, 11) is 0. The number of benzene rings is 2. The second-order valence-electron chi connectivity index (χ2n) is 5.42. The lowest BCUT2D eigenvalue weighted by molar-refractivity contribution is 0.115. The SMILES string of the molecule is OC(c1ccccc1)(c1ccccc1)c1nnc2ncccc2n1. The molecule has 5 heteroatoms. The van der Waals surface area contributed by atoms with E-state index in [1.807, 2.05) is 60.7 Å². The molecule has 0 aliphatic heterocycles. The molecule has 0 amide bonds. The zero-order chi connectivity index (χ0) is 16.4. The van der Waals surface area contributed by atoms with Crippen molar-refractivity contribution in [3.8, 4) is 0 Å². The summed E-state index contributed by atoms with van der Waals surface area (Å²) in [5, 5.41) is 19.9. The summed E-state index contributed by atoms with van der Waals surface area (Å²) in [5.41, 5.74) is 0.916. The molecule has 2 heterocycles. The van der Waals surface area contributed by atoms with Gasteiger partial charge in [0.05, 0.1) is 0 Å². The van der Waals surface area contributed by atoms with Gasteiger partial charge in [0.25, 0.3) is 0 Å². The molecular formula is C19H14N4O. The van der Waals surface area contributed by atoms with Crippen molar-refractivity contribution in [1.82, 2.24) is 20.2 Å². The fraction of sp³-hybridized carbons (Fsp3) is 0.0526. The molecule has 0 spiro atoms. The third-order valence-corrected chi connectivity index (χ3v) is 3.94. The number of hydrogen-bond acceptors (Lipinski definition) is 5. The molecule has 2 aromatic carbocycles. The van der Waals surface area contributed by atoms with E-state index in [1.54, 1.807) is 18.3 Å². The van der Waals surface area contributed by atoms with Gasteiger partial charge in [-0.3, -0.25) is 0 Å². The fourth-order valence-corrected chi connectivity index (χ4v) is 2.72. The quantitative estimate of drug-likeness (QED) is 0.629. The molecular weight excluding hydrogens is 300 g/mol. The van der Waals surface area contributed by atoms with E-state index < -0.39 is 5.60 Å². The molecule has 1 N–H and O–H groups in total. The fourth-order valence-electron chi connectivity index (χ4n) is 2.72. The zero-order valence-electron chi connectivity index (χ0n) is 12.7. The number of pyridine rings is 1. The van der Waals surface area contributed by atoms with Gasteiger partial charge in [0.15, 0.2) is 17.1 Å². The molecule has 0 unspecified atom stereocenters. The van der Waals surface area contributed by atoms with E-state index in [4.69, 9.17) is 0 Å². The minimum absolute atomic E-state index is 0.223. The molecule has 4 aromatic rings. The van der Waals surface area contributed by atoms with Gasteiger partial charge in [0, 0.05) is 6.20 Å². The molecule has 0 aliphatic rings. The molecule has 0 aliphatic carbocycles. The Hall–Kier alpha value is -3.18. The van der Waals surface area contributed by atoms with Gasteiger partial charge < -0.3 is 5.11 Å². The monoisotopic (exact) mass is 314 g/mol. The molecule has 0 bridgehead atoms. The van der Waals surface area contributed by atoms with Crippen molar-refractivity contribution in [2.24, 2.45) is 0 Å². The number of aromatic nitrogens is 4. The predicted octanol–water partition coefficient (Wildman–Crippen LogP) is 2.70. The van der Waals surface area contributed by atoms with E-state index in [-0.39, 0.29) is 5.82 Å². The van der Waals surface area contributed by atoms with E-state index in [1.165, 1.54) is 0 Å². The Morgan fingerprint density at radius 2 is 1.33 bits per heavy atom. The maximum Gasteiger partial charge on any atom is 0.200 e. The first-order valence-electron chi connectivity index (χ1n) is 7.58. The smallest absolute Gasteiger partial charge is 0.200 e. The minimum atomic E-state index is -1.49. The first kappa shape index (κ1) is 14.4. The number of rotatable bonds is 3. The van der Waals surface area contributed by atoms with E-state index in [2.05, 4.69) is 20.2 Å².